The van der Waals surface area contributed by atoms with Gasteiger partial charge in [-0.25, -0.2) is 0 Å². The molecule has 4 nitrogen and oxygen atoms in total. The number of anilines is 1. The van der Waals surface area contributed by atoms with Gasteiger partial charge in [0.2, 0.25) is 0 Å². The summed E-state index contributed by atoms with van der Waals surface area (Å²) in [5.41, 5.74) is 7.58. The average Bonchev–Trinajstić information content (AvgIpc) is 2.21. The molecule has 1 unspecified atom stereocenters. The van der Waals surface area contributed by atoms with Crippen molar-refractivity contribution in [3.8, 4) is 0 Å². The van der Waals surface area contributed by atoms with Crippen LogP contribution in [0.25, 0.3) is 0 Å². The Morgan fingerprint density at radius 3 is 2.87 bits per heavy atom. The van der Waals surface area contributed by atoms with Crippen molar-refractivity contribution in [2.45, 2.75) is 19.9 Å². The zero-order chi connectivity index (χ0) is 11.4. The second kappa shape index (κ2) is 4.79. The van der Waals surface area contributed by atoms with Crippen LogP contribution < -0.4 is 11.1 Å². The van der Waals surface area contributed by atoms with Crippen LogP contribution in [0.4, 0.5) is 5.69 Å². The summed E-state index contributed by atoms with van der Waals surface area (Å²) in [6, 6.07) is 4.93. The van der Waals surface area contributed by atoms with Gasteiger partial charge in [-0.3, -0.25) is 4.79 Å². The zero-order valence-corrected chi connectivity index (χ0v) is 8.95. The fourth-order valence-corrected chi connectivity index (χ4v) is 1.23. The lowest BCUT2D eigenvalue weighted by Gasteiger charge is -2.12. The Labute approximate surface area is 89.1 Å². The normalized spacial score (nSPS) is 12.2. The Morgan fingerprint density at radius 2 is 2.27 bits per heavy atom. The maximum absolute atomic E-state index is 11.7. The molecule has 0 heterocycles. The van der Waals surface area contributed by atoms with Crippen LogP contribution in [0.3, 0.4) is 0 Å². The number of hydrogen-bond acceptors (Lipinski definition) is 3. The van der Waals surface area contributed by atoms with Gasteiger partial charge in [0.15, 0.2) is 0 Å². The molecule has 0 radical (unpaired) electrons. The smallest absolute Gasteiger partial charge is 0.251 e. The van der Waals surface area contributed by atoms with E-state index in [0.29, 0.717) is 11.3 Å². The van der Waals surface area contributed by atoms with Gasteiger partial charge in [-0.15, -0.1) is 0 Å². The standard InChI is InChI=1S/C11H16N2O2/c1-7-3-4-9(12)5-10(7)11(15)13-8(2)6-14/h3-5,8,14H,6,12H2,1-2H3,(H,13,15). The highest BCUT2D eigenvalue weighted by Crippen LogP contribution is 2.12. The first-order chi connectivity index (χ1) is 7.04. The monoisotopic (exact) mass is 208 g/mol. The van der Waals surface area contributed by atoms with E-state index in [2.05, 4.69) is 5.32 Å². The topological polar surface area (TPSA) is 75.4 Å². The molecule has 1 rings (SSSR count). The molecule has 0 saturated heterocycles. The van der Waals surface area contributed by atoms with Gasteiger partial charge in [0.25, 0.3) is 5.91 Å². The molecule has 0 bridgehead atoms. The third-order valence-corrected chi connectivity index (χ3v) is 2.16. The molecule has 4 heteroatoms. The summed E-state index contributed by atoms with van der Waals surface area (Å²) in [6.07, 6.45) is 0. The molecule has 0 fully saturated rings. The van der Waals surface area contributed by atoms with Crippen LogP contribution in [0.15, 0.2) is 18.2 Å². The van der Waals surface area contributed by atoms with Crippen LogP contribution in [-0.2, 0) is 0 Å². The largest absolute Gasteiger partial charge is 0.399 e. The summed E-state index contributed by atoms with van der Waals surface area (Å²) >= 11 is 0. The summed E-state index contributed by atoms with van der Waals surface area (Å²) in [7, 11) is 0. The summed E-state index contributed by atoms with van der Waals surface area (Å²) in [5.74, 6) is -0.207. The van der Waals surface area contributed by atoms with Crippen molar-refractivity contribution in [3.63, 3.8) is 0 Å². The number of nitrogens with two attached hydrogens (primary N) is 1. The summed E-state index contributed by atoms with van der Waals surface area (Å²) < 4.78 is 0. The van der Waals surface area contributed by atoms with Crippen LogP contribution in [0.5, 0.6) is 0 Å². The summed E-state index contributed by atoms with van der Waals surface area (Å²) in [5, 5.41) is 11.5. The highest BCUT2D eigenvalue weighted by atomic mass is 16.3. The van der Waals surface area contributed by atoms with E-state index in [0.717, 1.165) is 5.56 Å². The SMILES string of the molecule is Cc1ccc(N)cc1C(=O)NC(C)CO. The van der Waals surface area contributed by atoms with Gasteiger partial charge in [0, 0.05) is 17.3 Å². The maximum Gasteiger partial charge on any atom is 0.251 e. The molecule has 4 N–H and O–H groups in total. The number of aryl methyl sites for hydroxylation is 1. The number of nitrogens with one attached hydrogen (secondary N) is 1. The van der Waals surface area contributed by atoms with Gasteiger partial charge in [-0.2, -0.15) is 0 Å². The van der Waals surface area contributed by atoms with E-state index in [1.54, 1.807) is 25.1 Å². The lowest BCUT2D eigenvalue weighted by atomic mass is 10.1. The molecular formula is C11H16N2O2. The first kappa shape index (κ1) is 11.5. The molecule has 15 heavy (non-hydrogen) atoms. The Kier molecular flexibility index (Phi) is 3.68. The van der Waals surface area contributed by atoms with Crippen LogP contribution in [0, 0.1) is 6.92 Å². The maximum atomic E-state index is 11.7. The second-order valence-electron chi connectivity index (χ2n) is 3.63. The first-order valence-electron chi connectivity index (χ1n) is 4.82. The number of amides is 1. The highest BCUT2D eigenvalue weighted by Gasteiger charge is 2.11. The van der Waals surface area contributed by atoms with Gasteiger partial charge in [-0.05, 0) is 31.5 Å². The lowest BCUT2D eigenvalue weighted by Crippen LogP contribution is -2.35. The fraction of sp³-hybridized carbons (Fsp3) is 0.364. The van der Waals surface area contributed by atoms with Crippen molar-refractivity contribution in [1.29, 1.82) is 0 Å². The zero-order valence-electron chi connectivity index (χ0n) is 8.95. The van der Waals surface area contributed by atoms with Crippen LogP contribution in [0.2, 0.25) is 0 Å². The van der Waals surface area contributed by atoms with Crippen molar-refractivity contribution >= 4 is 11.6 Å². The molecule has 1 aromatic rings. The van der Waals surface area contributed by atoms with E-state index < -0.39 is 0 Å². The molecule has 0 aliphatic heterocycles. The fourth-order valence-electron chi connectivity index (χ4n) is 1.23. The van der Waals surface area contributed by atoms with Gasteiger partial charge >= 0.3 is 0 Å². The van der Waals surface area contributed by atoms with E-state index in [4.69, 9.17) is 10.8 Å². The minimum Gasteiger partial charge on any atom is -0.399 e. The Bertz CT molecular complexity index is 364. The third-order valence-electron chi connectivity index (χ3n) is 2.16. The molecule has 1 aromatic carbocycles. The van der Waals surface area contributed by atoms with Crippen molar-refractivity contribution in [2.24, 2.45) is 0 Å². The summed E-state index contributed by atoms with van der Waals surface area (Å²) in [4.78, 5) is 11.7. The van der Waals surface area contributed by atoms with E-state index in [-0.39, 0.29) is 18.6 Å². The van der Waals surface area contributed by atoms with E-state index in [1.807, 2.05) is 6.92 Å². The Balaban J connectivity index is 2.86. The average molecular weight is 208 g/mol. The van der Waals surface area contributed by atoms with Gasteiger partial charge in [0.05, 0.1) is 6.61 Å². The quantitative estimate of drug-likeness (QED) is 0.640. The van der Waals surface area contributed by atoms with E-state index >= 15 is 0 Å². The molecule has 1 atom stereocenters. The number of hydrogen-bond donors (Lipinski definition) is 3. The van der Waals surface area contributed by atoms with Crippen molar-refractivity contribution in [1.82, 2.24) is 5.32 Å². The molecule has 0 aliphatic carbocycles. The first-order valence-corrected chi connectivity index (χ1v) is 4.82. The molecule has 1 amide bonds. The minimum atomic E-state index is -0.252. The highest BCUT2D eigenvalue weighted by molar-refractivity contribution is 5.96. The number of carbonyl (C=O) groups excluding carboxylic acids is 1. The number of nitrogen functional groups attached to an aromatic ring is 1. The molecule has 0 spiro atoms. The van der Waals surface area contributed by atoms with Crippen molar-refractivity contribution in [3.05, 3.63) is 29.3 Å². The number of aliphatic hydroxyl groups excluding tert-OH is 1. The molecule has 0 aliphatic rings. The molecular weight excluding hydrogens is 192 g/mol. The van der Waals surface area contributed by atoms with Crippen LogP contribution in [-0.4, -0.2) is 23.7 Å². The van der Waals surface area contributed by atoms with Crippen molar-refractivity contribution < 1.29 is 9.90 Å². The van der Waals surface area contributed by atoms with Gasteiger partial charge < -0.3 is 16.2 Å². The van der Waals surface area contributed by atoms with Crippen LogP contribution in [0.1, 0.15) is 22.8 Å². The predicted octanol–water partition coefficient (Wildman–Crippen LogP) is 0.688. The lowest BCUT2D eigenvalue weighted by molar-refractivity contribution is 0.0921. The number of rotatable bonds is 3. The predicted molar refractivity (Wildman–Crippen MR) is 59.6 cm³/mol. The Morgan fingerprint density at radius 1 is 1.60 bits per heavy atom. The van der Waals surface area contributed by atoms with Crippen molar-refractivity contribution in [2.75, 3.05) is 12.3 Å². The molecule has 82 valence electrons. The third kappa shape index (κ3) is 2.95. The summed E-state index contributed by atoms with van der Waals surface area (Å²) in [6.45, 7) is 3.50. The Hall–Kier alpha value is -1.55. The van der Waals surface area contributed by atoms with Crippen LogP contribution >= 0.6 is 0 Å². The number of aliphatic hydroxyl groups is 1. The van der Waals surface area contributed by atoms with Gasteiger partial charge in [0.1, 0.15) is 0 Å². The molecule has 0 saturated carbocycles. The number of benzene rings is 1. The van der Waals surface area contributed by atoms with Gasteiger partial charge in [-0.1, -0.05) is 6.07 Å². The second-order valence-corrected chi connectivity index (χ2v) is 3.63. The van der Waals surface area contributed by atoms with E-state index in [1.165, 1.54) is 0 Å². The number of carbonyl (C=O) groups is 1. The van der Waals surface area contributed by atoms with E-state index in [9.17, 15) is 4.79 Å². The minimum absolute atomic E-state index is 0.0763. The molecule has 0 aromatic heterocycles.